The highest BCUT2D eigenvalue weighted by Gasteiger charge is 2.43. The van der Waals surface area contributed by atoms with Crippen molar-refractivity contribution in [2.75, 3.05) is 32.8 Å². The van der Waals surface area contributed by atoms with Crippen LogP contribution in [0, 0.1) is 11.8 Å². The summed E-state index contributed by atoms with van der Waals surface area (Å²) in [6, 6.07) is 8.26. The summed E-state index contributed by atoms with van der Waals surface area (Å²) in [5, 5.41) is 3.04. The van der Waals surface area contributed by atoms with Gasteiger partial charge in [0, 0.05) is 38.6 Å². The molecular weight excluding hydrogens is 354 g/mol. The maximum atomic E-state index is 12.5. The molecule has 4 rings (SSSR count). The van der Waals surface area contributed by atoms with Crippen molar-refractivity contribution < 1.29 is 14.3 Å². The van der Waals surface area contributed by atoms with Gasteiger partial charge in [-0.3, -0.25) is 14.5 Å². The first-order valence-electron chi connectivity index (χ1n) is 10.6. The van der Waals surface area contributed by atoms with Gasteiger partial charge < -0.3 is 15.0 Å². The number of amides is 2. The Hall–Kier alpha value is -2.08. The second-order valence-electron chi connectivity index (χ2n) is 8.42. The Labute approximate surface area is 167 Å². The third-order valence-corrected chi connectivity index (χ3v) is 6.32. The Morgan fingerprint density at radius 3 is 3.04 bits per heavy atom. The monoisotopic (exact) mass is 385 g/mol. The van der Waals surface area contributed by atoms with Crippen molar-refractivity contribution in [2.45, 2.75) is 45.2 Å². The zero-order chi connectivity index (χ0) is 19.5. The number of hydrogen-bond donors (Lipinski definition) is 1. The molecule has 3 heterocycles. The van der Waals surface area contributed by atoms with Crippen molar-refractivity contribution in [1.29, 1.82) is 0 Å². The number of carbonyl (C=O) groups is 2. The van der Waals surface area contributed by atoms with Crippen LogP contribution in [0.3, 0.4) is 0 Å². The number of carbonyl (C=O) groups excluding carboxylic acids is 2. The van der Waals surface area contributed by atoms with Crippen LogP contribution in [0.15, 0.2) is 24.3 Å². The number of benzene rings is 1. The molecule has 1 N–H and O–H groups in total. The molecule has 1 aromatic carbocycles. The lowest BCUT2D eigenvalue weighted by Gasteiger charge is -2.52. The Bertz CT molecular complexity index is 723. The molecule has 3 atom stereocenters. The van der Waals surface area contributed by atoms with Crippen molar-refractivity contribution in [3.05, 3.63) is 29.8 Å². The molecule has 2 unspecified atom stereocenters. The molecule has 0 aromatic heterocycles. The molecule has 3 fully saturated rings. The van der Waals surface area contributed by atoms with Crippen molar-refractivity contribution in [2.24, 2.45) is 11.8 Å². The summed E-state index contributed by atoms with van der Waals surface area (Å²) in [4.78, 5) is 29.2. The highest BCUT2D eigenvalue weighted by atomic mass is 16.5. The van der Waals surface area contributed by atoms with E-state index in [1.54, 1.807) is 0 Å². The lowest BCUT2D eigenvalue weighted by atomic mass is 9.76. The van der Waals surface area contributed by atoms with Crippen LogP contribution in [0.2, 0.25) is 0 Å². The molecule has 0 aliphatic carbocycles. The molecule has 3 saturated heterocycles. The number of piperidine rings is 3. The van der Waals surface area contributed by atoms with Crippen molar-refractivity contribution >= 4 is 11.8 Å². The van der Waals surface area contributed by atoms with E-state index in [0.717, 1.165) is 43.8 Å². The predicted molar refractivity (Wildman–Crippen MR) is 107 cm³/mol. The van der Waals surface area contributed by atoms with Gasteiger partial charge in [0.25, 0.3) is 0 Å². The van der Waals surface area contributed by atoms with Gasteiger partial charge in [0.15, 0.2) is 0 Å². The summed E-state index contributed by atoms with van der Waals surface area (Å²) >= 11 is 0. The molecule has 6 nitrogen and oxygen atoms in total. The second-order valence-corrected chi connectivity index (χ2v) is 8.42. The quantitative estimate of drug-likeness (QED) is 0.814. The second kappa shape index (κ2) is 8.52. The zero-order valence-electron chi connectivity index (χ0n) is 16.7. The molecule has 0 radical (unpaired) electrons. The Morgan fingerprint density at radius 1 is 1.29 bits per heavy atom. The fourth-order valence-corrected chi connectivity index (χ4v) is 5.21. The highest BCUT2D eigenvalue weighted by Crippen LogP contribution is 2.37. The van der Waals surface area contributed by atoms with Gasteiger partial charge in [-0.05, 0) is 55.7 Å². The van der Waals surface area contributed by atoms with Gasteiger partial charge in [0.1, 0.15) is 5.75 Å². The first-order chi connectivity index (χ1) is 13.6. The standard InChI is InChI=1S/C22H31N3O3/c1-2-28-19-6-3-5-16(10-19)11-23-21(26)15-24-12-17-9-18(14-24)20-7-4-8-22(27)25(20)13-17/h3,5-6,10,17-18,20H,2,4,7-9,11-15H2,1H3,(H,23,26)/t17?,18?,20-/m1/s1. The number of nitrogens with one attached hydrogen (secondary N) is 1. The molecule has 1 aromatic rings. The van der Waals surface area contributed by atoms with E-state index < -0.39 is 0 Å². The minimum absolute atomic E-state index is 0.0679. The maximum absolute atomic E-state index is 12.5. The van der Waals surface area contributed by atoms with Crippen LogP contribution in [0.1, 0.15) is 38.2 Å². The third kappa shape index (κ3) is 4.32. The summed E-state index contributed by atoms with van der Waals surface area (Å²) in [7, 11) is 0. The van der Waals surface area contributed by atoms with Gasteiger partial charge in [-0.1, -0.05) is 12.1 Å². The number of hydrogen-bond acceptors (Lipinski definition) is 4. The molecule has 3 aliphatic rings. The minimum atomic E-state index is 0.0679. The maximum Gasteiger partial charge on any atom is 0.234 e. The van der Waals surface area contributed by atoms with Crippen LogP contribution in [0.25, 0.3) is 0 Å². The Kier molecular flexibility index (Phi) is 5.85. The SMILES string of the molecule is CCOc1cccc(CNC(=O)CN2CC3CC(C2)[C@H]2CCCC(=O)N2C3)c1. The van der Waals surface area contributed by atoms with Gasteiger partial charge in [0.05, 0.1) is 13.2 Å². The summed E-state index contributed by atoms with van der Waals surface area (Å²) in [6.45, 7) is 6.28. The van der Waals surface area contributed by atoms with Gasteiger partial charge in [-0.15, -0.1) is 0 Å². The largest absolute Gasteiger partial charge is 0.494 e. The van der Waals surface area contributed by atoms with Crippen molar-refractivity contribution in [3.63, 3.8) is 0 Å². The molecule has 6 heteroatoms. The van der Waals surface area contributed by atoms with E-state index in [1.807, 2.05) is 31.2 Å². The lowest BCUT2D eigenvalue weighted by Crippen LogP contribution is -2.61. The van der Waals surface area contributed by atoms with E-state index in [-0.39, 0.29) is 5.91 Å². The lowest BCUT2D eigenvalue weighted by molar-refractivity contribution is -0.145. The van der Waals surface area contributed by atoms with E-state index >= 15 is 0 Å². The third-order valence-electron chi connectivity index (χ3n) is 6.32. The summed E-state index contributed by atoms with van der Waals surface area (Å²) < 4.78 is 5.52. The summed E-state index contributed by atoms with van der Waals surface area (Å²) in [6.07, 6.45) is 4.06. The Balaban J connectivity index is 1.28. The number of likely N-dealkylation sites (tertiary alicyclic amines) is 1. The van der Waals surface area contributed by atoms with E-state index in [4.69, 9.17) is 4.74 Å². The highest BCUT2D eigenvalue weighted by molar-refractivity contribution is 5.78. The number of rotatable bonds is 6. The van der Waals surface area contributed by atoms with Crippen LogP contribution >= 0.6 is 0 Å². The average molecular weight is 386 g/mol. The minimum Gasteiger partial charge on any atom is -0.494 e. The molecule has 3 aliphatic heterocycles. The van der Waals surface area contributed by atoms with Crippen LogP contribution in [-0.2, 0) is 16.1 Å². The Morgan fingerprint density at radius 2 is 2.18 bits per heavy atom. The fourth-order valence-electron chi connectivity index (χ4n) is 5.21. The molecule has 28 heavy (non-hydrogen) atoms. The van der Waals surface area contributed by atoms with Crippen LogP contribution < -0.4 is 10.1 Å². The number of nitrogens with zero attached hydrogens (tertiary/aromatic N) is 2. The van der Waals surface area contributed by atoms with Gasteiger partial charge in [-0.25, -0.2) is 0 Å². The molecule has 2 bridgehead atoms. The molecule has 0 spiro atoms. The molecule has 0 saturated carbocycles. The van der Waals surface area contributed by atoms with Gasteiger partial charge >= 0.3 is 0 Å². The smallest absolute Gasteiger partial charge is 0.234 e. The van der Waals surface area contributed by atoms with Crippen molar-refractivity contribution in [3.8, 4) is 5.75 Å². The summed E-state index contributed by atoms with van der Waals surface area (Å²) in [5.41, 5.74) is 1.05. The fraction of sp³-hybridized carbons (Fsp3) is 0.636. The number of fused-ring (bicyclic) bond motifs is 4. The topological polar surface area (TPSA) is 61.9 Å². The first-order valence-corrected chi connectivity index (χ1v) is 10.6. The van der Waals surface area contributed by atoms with Gasteiger partial charge in [0.2, 0.25) is 11.8 Å². The van der Waals surface area contributed by atoms with Crippen LogP contribution in [0.5, 0.6) is 5.75 Å². The van der Waals surface area contributed by atoms with E-state index in [1.165, 1.54) is 6.42 Å². The predicted octanol–water partition coefficient (Wildman–Crippen LogP) is 2.03. The zero-order valence-corrected chi connectivity index (χ0v) is 16.7. The van der Waals surface area contributed by atoms with E-state index in [2.05, 4.69) is 15.1 Å². The van der Waals surface area contributed by atoms with Crippen LogP contribution in [0.4, 0.5) is 0 Å². The molecular formula is C22H31N3O3. The first kappa shape index (κ1) is 19.2. The molecule has 152 valence electrons. The van der Waals surface area contributed by atoms with Crippen LogP contribution in [-0.4, -0.2) is 60.4 Å². The van der Waals surface area contributed by atoms with Gasteiger partial charge in [-0.2, -0.15) is 0 Å². The normalized spacial score (nSPS) is 27.2. The number of ether oxygens (including phenoxy) is 1. The van der Waals surface area contributed by atoms with E-state index in [9.17, 15) is 9.59 Å². The van der Waals surface area contributed by atoms with E-state index in [0.29, 0.717) is 49.9 Å². The average Bonchev–Trinajstić information content (AvgIpc) is 2.68. The summed E-state index contributed by atoms with van der Waals surface area (Å²) in [5.74, 6) is 2.27. The van der Waals surface area contributed by atoms with Crippen molar-refractivity contribution in [1.82, 2.24) is 15.1 Å². The molecule has 2 amide bonds.